The van der Waals surface area contributed by atoms with E-state index in [-0.39, 0.29) is 23.6 Å². The molecule has 142 valence electrons. The van der Waals surface area contributed by atoms with Gasteiger partial charge in [-0.25, -0.2) is 14.6 Å². The van der Waals surface area contributed by atoms with Gasteiger partial charge in [0.2, 0.25) is 5.91 Å². The number of nitrogens with zero attached hydrogens (tertiary/aromatic N) is 4. The van der Waals surface area contributed by atoms with Crippen molar-refractivity contribution < 1.29 is 14.3 Å². The van der Waals surface area contributed by atoms with E-state index in [1.807, 2.05) is 13.8 Å². The summed E-state index contributed by atoms with van der Waals surface area (Å²) in [6.45, 7) is 3.64. The molecule has 26 heavy (non-hydrogen) atoms. The lowest BCUT2D eigenvalue weighted by molar-refractivity contribution is -0.145. The second-order valence-corrected chi connectivity index (χ2v) is 6.52. The molecule has 0 saturated carbocycles. The molecule has 1 amide bonds. The van der Waals surface area contributed by atoms with Crippen molar-refractivity contribution in [3.05, 3.63) is 27.2 Å². The van der Waals surface area contributed by atoms with Gasteiger partial charge in [-0.1, -0.05) is 13.8 Å². The van der Waals surface area contributed by atoms with E-state index in [1.165, 1.54) is 36.7 Å². The van der Waals surface area contributed by atoms with Crippen LogP contribution in [0.5, 0.6) is 0 Å². The molecule has 1 N–H and O–H groups in total. The topological polar surface area (TPSA) is 117 Å². The maximum absolute atomic E-state index is 12.4. The third-order valence-corrected chi connectivity index (χ3v) is 4.06. The summed E-state index contributed by atoms with van der Waals surface area (Å²) in [6, 6.07) is -0.769. The van der Waals surface area contributed by atoms with E-state index in [0.717, 1.165) is 4.57 Å². The number of hydrogen-bond acceptors (Lipinski definition) is 6. The number of carbonyl (C=O) groups excluding carboxylic acids is 2. The highest BCUT2D eigenvalue weighted by atomic mass is 16.5. The first-order chi connectivity index (χ1) is 12.2. The molecule has 2 heterocycles. The number of amides is 1. The number of imidazole rings is 1. The van der Waals surface area contributed by atoms with E-state index in [9.17, 15) is 19.2 Å². The van der Waals surface area contributed by atoms with Crippen molar-refractivity contribution in [1.29, 1.82) is 0 Å². The third kappa shape index (κ3) is 3.68. The molecule has 1 atom stereocenters. The van der Waals surface area contributed by atoms with Gasteiger partial charge in [0.25, 0.3) is 5.56 Å². The van der Waals surface area contributed by atoms with E-state index < -0.39 is 29.2 Å². The molecule has 0 fully saturated rings. The average molecular weight is 365 g/mol. The molecule has 0 aliphatic rings. The maximum Gasteiger partial charge on any atom is 0.332 e. The van der Waals surface area contributed by atoms with E-state index in [4.69, 9.17) is 4.74 Å². The maximum atomic E-state index is 12.4. The van der Waals surface area contributed by atoms with Gasteiger partial charge in [0, 0.05) is 14.1 Å². The molecule has 0 aromatic carbocycles. The summed E-state index contributed by atoms with van der Waals surface area (Å²) in [5, 5.41) is 2.62. The van der Waals surface area contributed by atoms with Crippen LogP contribution >= 0.6 is 0 Å². The van der Waals surface area contributed by atoms with E-state index in [0.29, 0.717) is 6.42 Å². The molecule has 0 saturated heterocycles. The van der Waals surface area contributed by atoms with Crippen molar-refractivity contribution in [2.24, 2.45) is 20.0 Å². The van der Waals surface area contributed by atoms with E-state index in [1.54, 1.807) is 0 Å². The molecule has 0 spiro atoms. The normalized spacial score (nSPS) is 12.4. The molecule has 0 aliphatic heterocycles. The minimum absolute atomic E-state index is 0.142. The van der Waals surface area contributed by atoms with Crippen LogP contribution in [-0.2, 0) is 35.0 Å². The molecule has 0 aliphatic carbocycles. The van der Waals surface area contributed by atoms with Gasteiger partial charge in [0.05, 0.1) is 13.4 Å². The van der Waals surface area contributed by atoms with Crippen molar-refractivity contribution in [2.45, 2.75) is 32.9 Å². The fraction of sp³-hybridized carbons (Fsp3) is 0.562. The molecular formula is C16H23N5O5. The molecule has 1 unspecified atom stereocenters. The van der Waals surface area contributed by atoms with Gasteiger partial charge < -0.3 is 14.6 Å². The monoisotopic (exact) mass is 365 g/mol. The lowest BCUT2D eigenvalue weighted by atomic mass is 10.0. The Balaban J connectivity index is 2.31. The number of esters is 1. The van der Waals surface area contributed by atoms with Crippen LogP contribution in [0.1, 0.15) is 20.3 Å². The number of aromatic nitrogens is 4. The standard InChI is InChI=1S/C16H23N5O5/c1-9(2)6-10(15(24)26-5)18-11(22)7-21-8-17-13-12(21)14(23)20(4)16(25)19(13)3/h8-10H,6-7H2,1-5H3,(H,18,22). The zero-order valence-corrected chi connectivity index (χ0v) is 15.5. The summed E-state index contributed by atoms with van der Waals surface area (Å²) in [5.41, 5.74) is -0.708. The minimum atomic E-state index is -0.769. The number of fused-ring (bicyclic) bond motifs is 1. The van der Waals surface area contributed by atoms with Gasteiger partial charge >= 0.3 is 11.7 Å². The van der Waals surface area contributed by atoms with Crippen molar-refractivity contribution in [1.82, 2.24) is 24.0 Å². The Morgan fingerprint density at radius 1 is 1.23 bits per heavy atom. The van der Waals surface area contributed by atoms with Crippen LogP contribution in [0.3, 0.4) is 0 Å². The lowest BCUT2D eigenvalue weighted by Gasteiger charge is -2.18. The quantitative estimate of drug-likeness (QED) is 0.666. The van der Waals surface area contributed by atoms with Crippen LogP contribution in [0.4, 0.5) is 0 Å². The SMILES string of the molecule is COC(=O)C(CC(C)C)NC(=O)Cn1cnc2c1c(=O)n(C)c(=O)n2C. The molecule has 10 heteroatoms. The summed E-state index contributed by atoms with van der Waals surface area (Å²) in [4.78, 5) is 52.6. The number of carbonyl (C=O) groups is 2. The first-order valence-electron chi connectivity index (χ1n) is 8.15. The van der Waals surface area contributed by atoms with Crippen molar-refractivity contribution >= 4 is 23.0 Å². The summed E-state index contributed by atoms with van der Waals surface area (Å²) < 4.78 is 8.27. The molecule has 2 aromatic rings. The number of nitrogens with one attached hydrogen (secondary N) is 1. The van der Waals surface area contributed by atoms with Crippen molar-refractivity contribution in [2.75, 3.05) is 7.11 Å². The predicted molar refractivity (Wildman–Crippen MR) is 93.6 cm³/mol. The third-order valence-electron chi connectivity index (χ3n) is 4.06. The van der Waals surface area contributed by atoms with Gasteiger partial charge in [0.1, 0.15) is 12.6 Å². The summed E-state index contributed by atoms with van der Waals surface area (Å²) in [5.74, 6) is -0.813. The van der Waals surface area contributed by atoms with Gasteiger partial charge in [0.15, 0.2) is 11.2 Å². The zero-order valence-electron chi connectivity index (χ0n) is 15.5. The number of aryl methyl sites for hydroxylation is 1. The molecular weight excluding hydrogens is 342 g/mol. The number of methoxy groups -OCH3 is 1. The fourth-order valence-corrected chi connectivity index (χ4v) is 2.74. The Hall–Kier alpha value is -2.91. The minimum Gasteiger partial charge on any atom is -0.467 e. The predicted octanol–water partition coefficient (Wildman–Crippen LogP) is -0.862. The number of hydrogen-bond donors (Lipinski definition) is 1. The second-order valence-electron chi connectivity index (χ2n) is 6.52. The largest absolute Gasteiger partial charge is 0.467 e. The Morgan fingerprint density at radius 2 is 1.88 bits per heavy atom. The number of rotatable bonds is 6. The van der Waals surface area contributed by atoms with Crippen molar-refractivity contribution in [3.63, 3.8) is 0 Å². The lowest BCUT2D eigenvalue weighted by Crippen LogP contribution is -2.44. The summed E-state index contributed by atoms with van der Waals surface area (Å²) in [7, 11) is 4.12. The highest BCUT2D eigenvalue weighted by Crippen LogP contribution is 2.08. The van der Waals surface area contributed by atoms with Crippen molar-refractivity contribution in [3.8, 4) is 0 Å². The smallest absolute Gasteiger partial charge is 0.332 e. The second kappa shape index (κ2) is 7.54. The van der Waals surface area contributed by atoms with Crippen LogP contribution in [0.25, 0.3) is 11.2 Å². The van der Waals surface area contributed by atoms with Crippen LogP contribution in [0.2, 0.25) is 0 Å². The summed E-state index contributed by atoms with van der Waals surface area (Å²) >= 11 is 0. The molecule has 2 aromatic heterocycles. The zero-order chi connectivity index (χ0) is 19.6. The van der Waals surface area contributed by atoms with Crippen LogP contribution in [0, 0.1) is 5.92 Å². The Kier molecular flexibility index (Phi) is 5.63. The number of ether oxygens (including phenoxy) is 1. The van der Waals surface area contributed by atoms with Crippen LogP contribution in [-0.4, -0.2) is 43.7 Å². The first kappa shape index (κ1) is 19.4. The van der Waals surface area contributed by atoms with Gasteiger partial charge in [-0.15, -0.1) is 0 Å². The fourth-order valence-electron chi connectivity index (χ4n) is 2.74. The Morgan fingerprint density at radius 3 is 2.46 bits per heavy atom. The van der Waals surface area contributed by atoms with Gasteiger partial charge in [-0.2, -0.15) is 0 Å². The molecule has 0 radical (unpaired) electrons. The summed E-state index contributed by atoms with van der Waals surface area (Å²) in [6.07, 6.45) is 1.75. The molecule has 0 bridgehead atoms. The average Bonchev–Trinajstić information content (AvgIpc) is 2.99. The van der Waals surface area contributed by atoms with Crippen LogP contribution < -0.4 is 16.6 Å². The van der Waals surface area contributed by atoms with Crippen LogP contribution in [0.15, 0.2) is 15.9 Å². The molecule has 10 nitrogen and oxygen atoms in total. The first-order valence-corrected chi connectivity index (χ1v) is 8.15. The molecule has 2 rings (SSSR count). The highest BCUT2D eigenvalue weighted by molar-refractivity contribution is 5.85. The van der Waals surface area contributed by atoms with Gasteiger partial charge in [-0.05, 0) is 12.3 Å². The Labute approximate surface area is 149 Å². The van der Waals surface area contributed by atoms with E-state index in [2.05, 4.69) is 10.3 Å². The van der Waals surface area contributed by atoms with E-state index >= 15 is 0 Å². The van der Waals surface area contributed by atoms with Gasteiger partial charge in [-0.3, -0.25) is 18.7 Å². The Bertz CT molecular complexity index is 952. The highest BCUT2D eigenvalue weighted by Gasteiger charge is 2.23.